The number of nitrogens with zero attached hydrogens (tertiary/aromatic N) is 2. The van der Waals surface area contributed by atoms with Gasteiger partial charge in [-0.3, -0.25) is 0 Å². The van der Waals surface area contributed by atoms with E-state index in [4.69, 9.17) is 0 Å². The second kappa shape index (κ2) is 6.70. The number of aliphatic hydroxyl groups is 1. The topological polar surface area (TPSA) is 47.9 Å². The minimum absolute atomic E-state index is 0.537. The minimum atomic E-state index is -0.537. The molecule has 0 aliphatic rings. The van der Waals surface area contributed by atoms with Crippen LogP contribution in [-0.4, -0.2) is 36.2 Å². The van der Waals surface area contributed by atoms with Gasteiger partial charge in [-0.2, -0.15) is 5.10 Å². The van der Waals surface area contributed by atoms with E-state index in [9.17, 15) is 5.11 Å². The van der Waals surface area contributed by atoms with Crippen LogP contribution in [0.5, 0.6) is 0 Å². The minimum Gasteiger partial charge on any atom is -0.388 e. The predicted octanol–water partition coefficient (Wildman–Crippen LogP) is 2.03. The van der Waals surface area contributed by atoms with E-state index in [1.165, 1.54) is 0 Å². The Kier molecular flexibility index (Phi) is 6.36. The van der Waals surface area contributed by atoms with Gasteiger partial charge in [-0.15, -0.1) is 0 Å². The van der Waals surface area contributed by atoms with Crippen molar-refractivity contribution in [3.63, 3.8) is 0 Å². The first-order valence-electron chi connectivity index (χ1n) is 4.98. The molecule has 0 bridgehead atoms. The standard InChI is InChI=1S/C11H20BrN3O/c1-7(11(12)9(3)16)8(2)13-10(4)14-15(5)6/h9,16H,2H2,1,3-6H3,(H,13,14)/b11-7+. The van der Waals surface area contributed by atoms with Gasteiger partial charge >= 0.3 is 0 Å². The van der Waals surface area contributed by atoms with Crippen molar-refractivity contribution in [2.45, 2.75) is 26.9 Å². The molecule has 4 nitrogen and oxygen atoms in total. The van der Waals surface area contributed by atoms with E-state index >= 15 is 0 Å². The van der Waals surface area contributed by atoms with Gasteiger partial charge in [-0.25, -0.2) is 0 Å². The van der Waals surface area contributed by atoms with Crippen LogP contribution >= 0.6 is 15.9 Å². The van der Waals surface area contributed by atoms with Crippen molar-refractivity contribution in [1.29, 1.82) is 0 Å². The third kappa shape index (κ3) is 5.32. The average molecular weight is 290 g/mol. The second-order valence-electron chi connectivity index (χ2n) is 3.79. The largest absolute Gasteiger partial charge is 0.388 e. The molecule has 92 valence electrons. The van der Waals surface area contributed by atoms with Gasteiger partial charge in [0.2, 0.25) is 0 Å². The Bertz CT molecular complexity index is 319. The highest BCUT2D eigenvalue weighted by molar-refractivity contribution is 9.11. The van der Waals surface area contributed by atoms with Crippen LogP contribution in [-0.2, 0) is 0 Å². The fourth-order valence-electron chi connectivity index (χ4n) is 1.09. The molecule has 0 spiro atoms. The smallest absolute Gasteiger partial charge is 0.123 e. The van der Waals surface area contributed by atoms with Crippen LogP contribution in [0.15, 0.2) is 27.4 Å². The van der Waals surface area contributed by atoms with Crippen molar-refractivity contribution in [2.75, 3.05) is 14.1 Å². The van der Waals surface area contributed by atoms with Crippen molar-refractivity contribution >= 4 is 21.8 Å². The molecule has 0 fully saturated rings. The first kappa shape index (κ1) is 15.2. The van der Waals surface area contributed by atoms with E-state index in [1.807, 2.05) is 27.9 Å². The maximum Gasteiger partial charge on any atom is 0.123 e. The van der Waals surface area contributed by atoms with Crippen molar-refractivity contribution in [3.8, 4) is 0 Å². The number of hydrogen-bond acceptors (Lipinski definition) is 3. The van der Waals surface area contributed by atoms with Gasteiger partial charge in [0.05, 0.1) is 6.10 Å². The molecular formula is C11H20BrN3O. The number of hydrazone groups is 1. The van der Waals surface area contributed by atoms with Gasteiger partial charge in [-0.1, -0.05) is 22.5 Å². The SMILES string of the molecule is C=C(N/C(C)=N/N(C)C)/C(C)=C(/Br)C(C)O. The zero-order valence-electron chi connectivity index (χ0n) is 10.5. The molecule has 0 saturated carbocycles. The maximum absolute atomic E-state index is 9.41. The Morgan fingerprint density at radius 2 is 1.94 bits per heavy atom. The number of rotatable bonds is 4. The van der Waals surface area contributed by atoms with Gasteiger partial charge in [-0.05, 0) is 26.3 Å². The Labute approximate surface area is 106 Å². The fraction of sp³-hybridized carbons (Fsp3) is 0.545. The van der Waals surface area contributed by atoms with Crippen LogP contribution in [0, 0.1) is 0 Å². The summed E-state index contributed by atoms with van der Waals surface area (Å²) in [6.07, 6.45) is -0.537. The highest BCUT2D eigenvalue weighted by Crippen LogP contribution is 2.19. The molecule has 0 saturated heterocycles. The molecule has 0 heterocycles. The lowest BCUT2D eigenvalue weighted by molar-refractivity contribution is 0.240. The molecule has 0 amide bonds. The van der Waals surface area contributed by atoms with Crippen LogP contribution in [0.2, 0.25) is 0 Å². The van der Waals surface area contributed by atoms with E-state index in [1.54, 1.807) is 11.9 Å². The summed E-state index contributed by atoms with van der Waals surface area (Å²) in [6.45, 7) is 9.33. The van der Waals surface area contributed by atoms with Crippen molar-refractivity contribution in [1.82, 2.24) is 10.3 Å². The number of amidine groups is 1. The summed E-state index contributed by atoms with van der Waals surface area (Å²) in [7, 11) is 3.70. The van der Waals surface area contributed by atoms with Crippen molar-refractivity contribution < 1.29 is 5.11 Å². The molecule has 0 aliphatic heterocycles. The van der Waals surface area contributed by atoms with Gasteiger partial charge in [0.1, 0.15) is 5.84 Å². The lowest BCUT2D eigenvalue weighted by Gasteiger charge is -2.14. The summed E-state index contributed by atoms with van der Waals surface area (Å²) in [5, 5.41) is 18.4. The highest BCUT2D eigenvalue weighted by Gasteiger charge is 2.08. The maximum atomic E-state index is 9.41. The number of halogens is 1. The number of aliphatic hydroxyl groups excluding tert-OH is 1. The Balaban J connectivity index is 4.67. The van der Waals surface area contributed by atoms with E-state index in [0.717, 1.165) is 21.6 Å². The Hall–Kier alpha value is -0.810. The third-order valence-corrected chi connectivity index (χ3v) is 3.12. The average Bonchev–Trinajstić information content (AvgIpc) is 2.13. The molecule has 0 rings (SSSR count). The molecule has 1 atom stereocenters. The number of nitrogens with one attached hydrogen (secondary N) is 1. The number of hydrogen-bond donors (Lipinski definition) is 2. The van der Waals surface area contributed by atoms with E-state index in [-0.39, 0.29) is 0 Å². The molecule has 0 aromatic rings. The number of allylic oxidation sites excluding steroid dienone is 1. The molecule has 0 aromatic carbocycles. The van der Waals surface area contributed by atoms with Gasteiger partial charge in [0.15, 0.2) is 0 Å². The van der Waals surface area contributed by atoms with Crippen LogP contribution in [0.25, 0.3) is 0 Å². The first-order chi connectivity index (χ1) is 7.25. The highest BCUT2D eigenvalue weighted by atomic mass is 79.9. The third-order valence-electron chi connectivity index (χ3n) is 1.86. The van der Waals surface area contributed by atoms with Crippen LogP contribution in [0.3, 0.4) is 0 Å². The summed E-state index contributed by atoms with van der Waals surface area (Å²) >= 11 is 3.33. The summed E-state index contributed by atoms with van der Waals surface area (Å²) in [5.74, 6) is 0.750. The lowest BCUT2D eigenvalue weighted by Crippen LogP contribution is -2.23. The lowest BCUT2D eigenvalue weighted by atomic mass is 10.2. The second-order valence-corrected chi connectivity index (χ2v) is 4.64. The van der Waals surface area contributed by atoms with E-state index < -0.39 is 6.10 Å². The first-order valence-corrected chi connectivity index (χ1v) is 5.78. The molecule has 1 unspecified atom stereocenters. The Morgan fingerprint density at radius 1 is 1.44 bits per heavy atom. The quantitative estimate of drug-likeness (QED) is 0.360. The molecule has 0 aliphatic carbocycles. The normalized spacial score (nSPS) is 15.3. The summed E-state index contributed by atoms with van der Waals surface area (Å²) in [5.41, 5.74) is 1.60. The molecular weight excluding hydrogens is 270 g/mol. The zero-order valence-corrected chi connectivity index (χ0v) is 12.1. The van der Waals surface area contributed by atoms with E-state index in [0.29, 0.717) is 0 Å². The summed E-state index contributed by atoms with van der Waals surface area (Å²) in [6, 6.07) is 0. The van der Waals surface area contributed by atoms with E-state index in [2.05, 4.69) is 32.9 Å². The summed E-state index contributed by atoms with van der Waals surface area (Å²) in [4.78, 5) is 0. The zero-order chi connectivity index (χ0) is 12.9. The Morgan fingerprint density at radius 3 is 2.31 bits per heavy atom. The van der Waals surface area contributed by atoms with Crippen molar-refractivity contribution in [3.05, 3.63) is 22.3 Å². The fourth-order valence-corrected chi connectivity index (χ4v) is 1.33. The van der Waals surface area contributed by atoms with Gasteiger partial charge in [0.25, 0.3) is 0 Å². The van der Waals surface area contributed by atoms with Gasteiger partial charge in [0, 0.05) is 24.3 Å². The summed E-state index contributed by atoms with van der Waals surface area (Å²) < 4.78 is 0.725. The van der Waals surface area contributed by atoms with Crippen LogP contribution in [0.4, 0.5) is 0 Å². The van der Waals surface area contributed by atoms with Gasteiger partial charge < -0.3 is 15.4 Å². The molecule has 16 heavy (non-hydrogen) atoms. The van der Waals surface area contributed by atoms with Crippen LogP contribution < -0.4 is 5.32 Å². The molecule has 0 radical (unpaired) electrons. The van der Waals surface area contributed by atoms with Crippen LogP contribution in [0.1, 0.15) is 20.8 Å². The van der Waals surface area contributed by atoms with Crippen molar-refractivity contribution in [2.24, 2.45) is 5.10 Å². The molecule has 0 aromatic heterocycles. The predicted molar refractivity (Wildman–Crippen MR) is 72.4 cm³/mol. The monoisotopic (exact) mass is 289 g/mol. The molecule has 2 N–H and O–H groups in total. The molecule has 5 heteroatoms.